The number of aryl methyl sites for hydroxylation is 2. The van der Waals surface area contributed by atoms with Gasteiger partial charge in [-0.25, -0.2) is 4.98 Å². The zero-order valence-corrected chi connectivity index (χ0v) is 15.0. The first-order valence-electron chi connectivity index (χ1n) is 8.40. The standard InChI is InChI=1S/C18H24N4OS/c1-13-14(2)21-17(20-13)7-8-18(23)19-12-15(16-6-5-11-24-16)22-9-3-4-10-22/h5-8,11,15H,3-4,9-10,12H2,1-2H3,(H,19,23)(H,20,21). The highest BCUT2D eigenvalue weighted by Crippen LogP contribution is 2.27. The van der Waals surface area contributed by atoms with Gasteiger partial charge in [-0.05, 0) is 57.3 Å². The molecule has 3 heterocycles. The second-order valence-electron chi connectivity index (χ2n) is 6.19. The van der Waals surface area contributed by atoms with Gasteiger partial charge in [-0.3, -0.25) is 9.69 Å². The van der Waals surface area contributed by atoms with Crippen LogP contribution in [0.4, 0.5) is 0 Å². The van der Waals surface area contributed by atoms with Crippen LogP contribution in [-0.2, 0) is 4.79 Å². The molecule has 24 heavy (non-hydrogen) atoms. The molecule has 2 aromatic rings. The Balaban J connectivity index is 1.58. The molecular weight excluding hydrogens is 320 g/mol. The normalized spacial score (nSPS) is 16.8. The van der Waals surface area contributed by atoms with Gasteiger partial charge in [-0.15, -0.1) is 11.3 Å². The first kappa shape index (κ1) is 16.9. The number of carbonyl (C=O) groups is 1. The zero-order chi connectivity index (χ0) is 16.9. The zero-order valence-electron chi connectivity index (χ0n) is 14.2. The van der Waals surface area contributed by atoms with E-state index in [1.165, 1.54) is 17.7 Å². The fraction of sp³-hybridized carbons (Fsp3) is 0.444. The molecule has 0 aliphatic carbocycles. The Morgan fingerprint density at radius 2 is 2.25 bits per heavy atom. The highest BCUT2D eigenvalue weighted by molar-refractivity contribution is 7.10. The monoisotopic (exact) mass is 344 g/mol. The molecule has 1 aliphatic heterocycles. The number of amides is 1. The summed E-state index contributed by atoms with van der Waals surface area (Å²) >= 11 is 1.76. The van der Waals surface area contributed by atoms with Crippen LogP contribution in [0.1, 0.15) is 41.0 Å². The molecule has 128 valence electrons. The number of nitrogens with one attached hydrogen (secondary N) is 2. The molecule has 2 N–H and O–H groups in total. The molecule has 6 heteroatoms. The largest absolute Gasteiger partial charge is 0.351 e. The van der Waals surface area contributed by atoms with E-state index in [2.05, 4.69) is 37.7 Å². The number of hydrogen-bond acceptors (Lipinski definition) is 4. The molecule has 0 saturated carbocycles. The van der Waals surface area contributed by atoms with Gasteiger partial charge in [0.15, 0.2) is 0 Å². The number of aromatic amines is 1. The summed E-state index contributed by atoms with van der Waals surface area (Å²) in [6.45, 7) is 6.78. The van der Waals surface area contributed by atoms with Crippen molar-refractivity contribution in [1.29, 1.82) is 0 Å². The first-order chi connectivity index (χ1) is 11.6. The van der Waals surface area contributed by atoms with Gasteiger partial charge in [0.1, 0.15) is 5.82 Å². The summed E-state index contributed by atoms with van der Waals surface area (Å²) in [4.78, 5) is 23.4. The van der Waals surface area contributed by atoms with E-state index in [4.69, 9.17) is 0 Å². The maximum Gasteiger partial charge on any atom is 0.244 e. The molecule has 1 amide bonds. The fourth-order valence-corrected chi connectivity index (χ4v) is 3.87. The minimum absolute atomic E-state index is 0.0811. The molecule has 5 nitrogen and oxygen atoms in total. The summed E-state index contributed by atoms with van der Waals surface area (Å²) in [5.41, 5.74) is 1.99. The summed E-state index contributed by atoms with van der Waals surface area (Å²) in [6.07, 6.45) is 5.76. The molecule has 0 spiro atoms. The summed E-state index contributed by atoms with van der Waals surface area (Å²) in [5, 5.41) is 5.14. The van der Waals surface area contributed by atoms with Crippen LogP contribution in [-0.4, -0.2) is 40.4 Å². The summed E-state index contributed by atoms with van der Waals surface area (Å²) < 4.78 is 0. The third-order valence-electron chi connectivity index (χ3n) is 4.46. The predicted molar refractivity (Wildman–Crippen MR) is 98.0 cm³/mol. The Morgan fingerprint density at radius 1 is 1.46 bits per heavy atom. The van der Waals surface area contributed by atoms with Crippen LogP contribution >= 0.6 is 11.3 Å². The lowest BCUT2D eigenvalue weighted by atomic mass is 10.2. The number of hydrogen-bond donors (Lipinski definition) is 2. The van der Waals surface area contributed by atoms with E-state index in [0.717, 1.165) is 30.3 Å². The van der Waals surface area contributed by atoms with Crippen LogP contribution in [0.15, 0.2) is 23.6 Å². The van der Waals surface area contributed by atoms with Gasteiger partial charge >= 0.3 is 0 Å². The van der Waals surface area contributed by atoms with Gasteiger partial charge in [-0.2, -0.15) is 0 Å². The van der Waals surface area contributed by atoms with E-state index in [1.54, 1.807) is 23.5 Å². The van der Waals surface area contributed by atoms with Crippen LogP contribution in [0.25, 0.3) is 6.08 Å². The van der Waals surface area contributed by atoms with Crippen molar-refractivity contribution in [2.45, 2.75) is 32.7 Å². The quantitative estimate of drug-likeness (QED) is 0.792. The van der Waals surface area contributed by atoms with Crippen LogP contribution < -0.4 is 5.32 Å². The third kappa shape index (κ3) is 4.13. The Hall–Kier alpha value is -1.92. The molecule has 1 aliphatic rings. The Bertz CT molecular complexity index is 679. The number of rotatable bonds is 6. The Kier molecular flexibility index (Phi) is 5.48. The van der Waals surface area contributed by atoms with Crippen molar-refractivity contribution in [3.8, 4) is 0 Å². The van der Waals surface area contributed by atoms with E-state index < -0.39 is 0 Å². The van der Waals surface area contributed by atoms with E-state index in [9.17, 15) is 4.79 Å². The molecule has 0 radical (unpaired) electrons. The van der Waals surface area contributed by atoms with Crippen LogP contribution in [0.5, 0.6) is 0 Å². The molecule has 1 atom stereocenters. The van der Waals surface area contributed by atoms with Crippen molar-refractivity contribution in [3.63, 3.8) is 0 Å². The number of H-pyrrole nitrogens is 1. The van der Waals surface area contributed by atoms with Crippen LogP contribution in [0, 0.1) is 13.8 Å². The average molecular weight is 344 g/mol. The minimum Gasteiger partial charge on any atom is -0.351 e. The average Bonchev–Trinajstić information content (AvgIpc) is 3.30. The van der Waals surface area contributed by atoms with E-state index >= 15 is 0 Å². The molecule has 1 unspecified atom stereocenters. The highest BCUT2D eigenvalue weighted by atomic mass is 32.1. The predicted octanol–water partition coefficient (Wildman–Crippen LogP) is 3.05. The lowest BCUT2D eigenvalue weighted by molar-refractivity contribution is -0.116. The second-order valence-corrected chi connectivity index (χ2v) is 7.16. The number of carbonyl (C=O) groups excluding carboxylic acids is 1. The summed E-state index contributed by atoms with van der Waals surface area (Å²) in [7, 11) is 0. The van der Waals surface area contributed by atoms with Crippen molar-refractivity contribution in [2.75, 3.05) is 19.6 Å². The molecule has 0 aromatic carbocycles. The van der Waals surface area contributed by atoms with Gasteiger partial charge in [0, 0.05) is 23.2 Å². The molecule has 1 saturated heterocycles. The number of likely N-dealkylation sites (tertiary alicyclic amines) is 1. The smallest absolute Gasteiger partial charge is 0.244 e. The van der Waals surface area contributed by atoms with E-state index in [0.29, 0.717) is 6.54 Å². The molecule has 0 bridgehead atoms. The van der Waals surface area contributed by atoms with E-state index in [1.807, 2.05) is 13.8 Å². The van der Waals surface area contributed by atoms with Crippen molar-refractivity contribution in [3.05, 3.63) is 45.7 Å². The molecule has 3 rings (SSSR count). The van der Waals surface area contributed by atoms with Gasteiger partial charge in [0.05, 0.1) is 11.7 Å². The van der Waals surface area contributed by atoms with Crippen molar-refractivity contribution < 1.29 is 4.79 Å². The number of imidazole rings is 1. The van der Waals surface area contributed by atoms with Crippen LogP contribution in [0.3, 0.4) is 0 Å². The maximum atomic E-state index is 12.1. The van der Waals surface area contributed by atoms with Crippen molar-refractivity contribution in [1.82, 2.24) is 20.2 Å². The summed E-state index contributed by atoms with van der Waals surface area (Å²) in [6, 6.07) is 4.51. The van der Waals surface area contributed by atoms with Crippen LogP contribution in [0.2, 0.25) is 0 Å². The number of nitrogens with zero attached hydrogens (tertiary/aromatic N) is 2. The molecular formula is C18H24N4OS. The highest BCUT2D eigenvalue weighted by Gasteiger charge is 2.24. The maximum absolute atomic E-state index is 12.1. The van der Waals surface area contributed by atoms with Gasteiger partial charge in [0.25, 0.3) is 0 Å². The first-order valence-corrected chi connectivity index (χ1v) is 9.28. The SMILES string of the molecule is Cc1nc(C=CC(=O)NCC(c2cccs2)N2CCCC2)[nH]c1C. The van der Waals surface area contributed by atoms with E-state index in [-0.39, 0.29) is 11.9 Å². The van der Waals surface area contributed by atoms with Gasteiger partial charge in [0.2, 0.25) is 5.91 Å². The summed E-state index contributed by atoms with van der Waals surface area (Å²) in [5.74, 6) is 0.636. The fourth-order valence-electron chi connectivity index (χ4n) is 3.01. The van der Waals surface area contributed by atoms with Gasteiger partial charge in [-0.1, -0.05) is 6.07 Å². The van der Waals surface area contributed by atoms with Crippen molar-refractivity contribution >= 4 is 23.3 Å². The lowest BCUT2D eigenvalue weighted by Gasteiger charge is -2.26. The number of thiophene rings is 1. The minimum atomic E-state index is -0.0811. The third-order valence-corrected chi connectivity index (χ3v) is 5.44. The molecule has 2 aromatic heterocycles. The molecule has 1 fully saturated rings. The Labute approximate surface area is 146 Å². The van der Waals surface area contributed by atoms with Crippen molar-refractivity contribution in [2.24, 2.45) is 0 Å². The Morgan fingerprint density at radius 3 is 2.88 bits per heavy atom. The second kappa shape index (κ2) is 7.77. The van der Waals surface area contributed by atoms with Gasteiger partial charge < -0.3 is 10.3 Å². The lowest BCUT2D eigenvalue weighted by Crippen LogP contribution is -2.35. The number of aromatic nitrogens is 2. The topological polar surface area (TPSA) is 61.0 Å².